The summed E-state index contributed by atoms with van der Waals surface area (Å²) in [6, 6.07) is 5.28. The second-order valence-corrected chi connectivity index (χ2v) is 7.52. The lowest BCUT2D eigenvalue weighted by Crippen LogP contribution is -2.37. The number of carbonyl (C=O) groups is 3. The average molecular weight is 434 g/mol. The molecule has 0 saturated heterocycles. The van der Waals surface area contributed by atoms with Gasteiger partial charge in [0.1, 0.15) is 0 Å². The van der Waals surface area contributed by atoms with Crippen molar-refractivity contribution in [1.29, 1.82) is 0 Å². The Balaban J connectivity index is 2.08. The van der Waals surface area contributed by atoms with Gasteiger partial charge in [-0.05, 0) is 57.5 Å². The van der Waals surface area contributed by atoms with E-state index < -0.39 is 5.97 Å². The first-order chi connectivity index (χ1) is 14.2. The van der Waals surface area contributed by atoms with Crippen molar-refractivity contribution in [3.63, 3.8) is 0 Å². The van der Waals surface area contributed by atoms with Gasteiger partial charge in [0.15, 0.2) is 5.78 Å². The van der Waals surface area contributed by atoms with Crippen LogP contribution >= 0.6 is 11.6 Å². The number of amides is 1. The van der Waals surface area contributed by atoms with Crippen molar-refractivity contribution in [3.8, 4) is 0 Å². The Morgan fingerprint density at radius 2 is 1.83 bits per heavy atom. The second kappa shape index (κ2) is 10.4. The van der Waals surface area contributed by atoms with Gasteiger partial charge in [-0.3, -0.25) is 14.5 Å². The number of aromatic amines is 1. The van der Waals surface area contributed by atoms with Gasteiger partial charge < -0.3 is 15.0 Å². The van der Waals surface area contributed by atoms with E-state index in [1.165, 1.54) is 0 Å². The van der Waals surface area contributed by atoms with Gasteiger partial charge in [0.2, 0.25) is 5.91 Å². The van der Waals surface area contributed by atoms with Gasteiger partial charge in [-0.2, -0.15) is 0 Å². The number of carbonyl (C=O) groups excluding carboxylic acids is 3. The van der Waals surface area contributed by atoms with E-state index in [0.29, 0.717) is 39.8 Å². The molecule has 0 aliphatic rings. The number of halogens is 1. The fourth-order valence-corrected chi connectivity index (χ4v) is 3.39. The number of H-pyrrole nitrogens is 1. The summed E-state index contributed by atoms with van der Waals surface area (Å²) in [4.78, 5) is 42.2. The molecule has 0 radical (unpaired) electrons. The van der Waals surface area contributed by atoms with Gasteiger partial charge in [0.25, 0.3) is 0 Å². The summed E-state index contributed by atoms with van der Waals surface area (Å²) in [5.74, 6) is -0.882. The smallest absolute Gasteiger partial charge is 0.340 e. The number of aryl methyl sites for hydroxylation is 2. The van der Waals surface area contributed by atoms with Crippen LogP contribution in [0.2, 0.25) is 5.02 Å². The van der Waals surface area contributed by atoms with Crippen molar-refractivity contribution in [2.75, 3.05) is 31.6 Å². The minimum Gasteiger partial charge on any atom is -0.462 e. The van der Waals surface area contributed by atoms with Crippen molar-refractivity contribution in [3.05, 3.63) is 51.3 Å². The van der Waals surface area contributed by atoms with Crippen LogP contribution in [-0.4, -0.2) is 53.8 Å². The molecule has 7 nitrogen and oxygen atoms in total. The van der Waals surface area contributed by atoms with E-state index in [2.05, 4.69) is 10.3 Å². The predicted molar refractivity (Wildman–Crippen MR) is 117 cm³/mol. The SMILES string of the molecule is CCOC(=O)c1c(C)[nH]c(C(=O)CN(CC)CC(=O)Nc2cc(Cl)ccc2C)c1C. The maximum absolute atomic E-state index is 12.8. The first kappa shape index (κ1) is 23.6. The van der Waals surface area contributed by atoms with Crippen LogP contribution in [0, 0.1) is 20.8 Å². The average Bonchev–Trinajstić information content (AvgIpc) is 2.98. The number of nitrogens with zero attached hydrogens (tertiary/aromatic N) is 1. The summed E-state index contributed by atoms with van der Waals surface area (Å²) in [7, 11) is 0. The van der Waals surface area contributed by atoms with E-state index in [-0.39, 0.29) is 31.4 Å². The zero-order chi connectivity index (χ0) is 22.4. The van der Waals surface area contributed by atoms with Crippen LogP contribution < -0.4 is 5.32 Å². The van der Waals surface area contributed by atoms with E-state index in [4.69, 9.17) is 16.3 Å². The van der Waals surface area contributed by atoms with Crippen molar-refractivity contribution in [2.45, 2.75) is 34.6 Å². The molecular weight excluding hydrogens is 406 g/mol. The number of nitrogens with one attached hydrogen (secondary N) is 2. The number of rotatable bonds is 9. The topological polar surface area (TPSA) is 91.5 Å². The molecule has 0 atom stereocenters. The fourth-order valence-electron chi connectivity index (χ4n) is 3.22. The van der Waals surface area contributed by atoms with Gasteiger partial charge in [-0.1, -0.05) is 24.6 Å². The highest BCUT2D eigenvalue weighted by molar-refractivity contribution is 6.31. The van der Waals surface area contributed by atoms with Crippen LogP contribution in [0.25, 0.3) is 0 Å². The molecule has 0 bridgehead atoms. The zero-order valence-electron chi connectivity index (χ0n) is 18.0. The van der Waals surface area contributed by atoms with Gasteiger partial charge in [-0.15, -0.1) is 0 Å². The Kier molecular flexibility index (Phi) is 8.20. The number of ketones is 1. The summed E-state index contributed by atoms with van der Waals surface area (Å²) < 4.78 is 5.07. The second-order valence-electron chi connectivity index (χ2n) is 7.08. The molecule has 30 heavy (non-hydrogen) atoms. The van der Waals surface area contributed by atoms with Gasteiger partial charge in [0.05, 0.1) is 31.0 Å². The van der Waals surface area contributed by atoms with Crippen LogP contribution in [0.4, 0.5) is 5.69 Å². The third-order valence-corrected chi connectivity index (χ3v) is 5.09. The molecule has 162 valence electrons. The molecule has 2 N–H and O–H groups in total. The molecule has 0 fully saturated rings. The highest BCUT2D eigenvalue weighted by Crippen LogP contribution is 2.21. The number of esters is 1. The van der Waals surface area contributed by atoms with E-state index in [0.717, 1.165) is 5.56 Å². The van der Waals surface area contributed by atoms with Crippen LogP contribution in [0.3, 0.4) is 0 Å². The lowest BCUT2D eigenvalue weighted by Gasteiger charge is -2.19. The highest BCUT2D eigenvalue weighted by atomic mass is 35.5. The van der Waals surface area contributed by atoms with Crippen molar-refractivity contribution in [1.82, 2.24) is 9.88 Å². The quantitative estimate of drug-likeness (QED) is 0.462. The number of hydrogen-bond acceptors (Lipinski definition) is 5. The number of likely N-dealkylation sites (N-methyl/N-ethyl adjacent to an activating group) is 1. The predicted octanol–water partition coefficient (Wildman–Crippen LogP) is 3.91. The third kappa shape index (κ3) is 5.70. The van der Waals surface area contributed by atoms with Crippen LogP contribution in [0.1, 0.15) is 51.5 Å². The Bertz CT molecular complexity index is 952. The van der Waals surface area contributed by atoms with Crippen LogP contribution in [0.15, 0.2) is 18.2 Å². The maximum Gasteiger partial charge on any atom is 0.340 e. The van der Waals surface area contributed by atoms with E-state index >= 15 is 0 Å². The van der Waals surface area contributed by atoms with Crippen LogP contribution in [0.5, 0.6) is 0 Å². The van der Waals surface area contributed by atoms with Crippen LogP contribution in [-0.2, 0) is 9.53 Å². The Morgan fingerprint density at radius 1 is 1.13 bits per heavy atom. The largest absolute Gasteiger partial charge is 0.462 e. The minimum absolute atomic E-state index is 0.0432. The number of Topliss-reactive ketones (excluding diaryl/α,β-unsaturated/α-hetero) is 1. The lowest BCUT2D eigenvalue weighted by atomic mass is 10.1. The first-order valence-electron chi connectivity index (χ1n) is 9.85. The molecule has 1 aromatic heterocycles. The standard InChI is InChI=1S/C22H28ClN3O4/c1-6-26(12-19(28)25-17-10-16(23)9-8-13(17)3)11-18(27)21-14(4)20(15(5)24-21)22(29)30-7-2/h8-10,24H,6-7,11-12H2,1-5H3,(H,25,28). The fraction of sp³-hybridized carbons (Fsp3) is 0.409. The molecular formula is C22H28ClN3O4. The van der Waals surface area contributed by atoms with E-state index in [1.54, 1.807) is 37.8 Å². The maximum atomic E-state index is 12.8. The van der Waals surface area contributed by atoms with E-state index in [1.807, 2.05) is 19.9 Å². The molecule has 2 aromatic rings. The van der Waals surface area contributed by atoms with Gasteiger partial charge in [0, 0.05) is 16.4 Å². The summed E-state index contributed by atoms with van der Waals surface area (Å²) in [6.45, 7) is 9.80. The monoisotopic (exact) mass is 433 g/mol. The summed E-state index contributed by atoms with van der Waals surface area (Å²) in [5.41, 5.74) is 3.44. The molecule has 2 rings (SSSR count). The highest BCUT2D eigenvalue weighted by Gasteiger charge is 2.24. The van der Waals surface area contributed by atoms with Crippen molar-refractivity contribution >= 4 is 34.9 Å². The molecule has 8 heteroatoms. The third-order valence-electron chi connectivity index (χ3n) is 4.85. The number of hydrogen-bond donors (Lipinski definition) is 2. The molecule has 0 unspecified atom stereocenters. The minimum atomic E-state index is -0.452. The molecule has 0 spiro atoms. The van der Waals surface area contributed by atoms with Gasteiger partial charge >= 0.3 is 5.97 Å². The Hall–Kier alpha value is -2.64. The van der Waals surface area contributed by atoms with Crippen molar-refractivity contribution in [2.24, 2.45) is 0 Å². The first-order valence-corrected chi connectivity index (χ1v) is 10.2. The molecule has 0 aliphatic carbocycles. The normalized spacial score (nSPS) is 10.9. The number of ether oxygens (including phenoxy) is 1. The molecule has 1 heterocycles. The van der Waals surface area contributed by atoms with Gasteiger partial charge in [-0.25, -0.2) is 4.79 Å². The molecule has 0 saturated carbocycles. The summed E-state index contributed by atoms with van der Waals surface area (Å²) in [6.07, 6.45) is 0. The number of anilines is 1. The zero-order valence-corrected chi connectivity index (χ0v) is 18.8. The molecule has 1 aromatic carbocycles. The summed E-state index contributed by atoms with van der Waals surface area (Å²) >= 11 is 6.00. The van der Waals surface area contributed by atoms with Crippen molar-refractivity contribution < 1.29 is 19.1 Å². The number of aromatic nitrogens is 1. The summed E-state index contributed by atoms with van der Waals surface area (Å²) in [5, 5.41) is 3.37. The number of benzene rings is 1. The molecule has 0 aliphatic heterocycles. The Labute approximate surface area is 181 Å². The molecule has 1 amide bonds. The van der Waals surface area contributed by atoms with E-state index in [9.17, 15) is 14.4 Å². The lowest BCUT2D eigenvalue weighted by molar-refractivity contribution is -0.117. The Morgan fingerprint density at radius 3 is 2.47 bits per heavy atom.